The van der Waals surface area contributed by atoms with Crippen molar-refractivity contribution >= 4 is 27.3 Å². The molecule has 2 aromatic heterocycles. The van der Waals surface area contributed by atoms with Crippen LogP contribution in [0.2, 0.25) is 0 Å². The first-order valence-corrected chi connectivity index (χ1v) is 13.9. The van der Waals surface area contributed by atoms with Crippen LogP contribution in [0.25, 0.3) is 10.7 Å². The molecule has 2 saturated heterocycles. The van der Waals surface area contributed by atoms with Crippen LogP contribution in [-0.4, -0.2) is 59.8 Å². The average Bonchev–Trinajstić information content (AvgIpc) is 3.40. The predicted octanol–water partition coefficient (Wildman–Crippen LogP) is 3.79. The third-order valence-electron chi connectivity index (χ3n) is 7.01. The number of hydrogen-bond acceptors (Lipinski definition) is 7. The Morgan fingerprint density at radius 1 is 1.09 bits per heavy atom. The van der Waals surface area contributed by atoms with E-state index in [9.17, 15) is 13.2 Å². The largest absolute Gasteiger partial charge is 0.342 e. The maximum absolute atomic E-state index is 13.5. The summed E-state index contributed by atoms with van der Waals surface area (Å²) in [5.74, 6) is 1.30. The van der Waals surface area contributed by atoms with E-state index in [0.717, 1.165) is 51.6 Å². The Kier molecular flexibility index (Phi) is 6.11. The molecule has 0 spiro atoms. The van der Waals surface area contributed by atoms with E-state index < -0.39 is 10.0 Å². The van der Waals surface area contributed by atoms with Crippen LogP contribution in [0, 0.1) is 12.8 Å². The van der Waals surface area contributed by atoms with Crippen molar-refractivity contribution < 1.29 is 17.7 Å². The number of rotatable bonds is 5. The fourth-order valence-electron chi connectivity index (χ4n) is 4.86. The molecule has 2 aliphatic heterocycles. The van der Waals surface area contributed by atoms with Crippen molar-refractivity contribution in [2.24, 2.45) is 5.92 Å². The van der Waals surface area contributed by atoms with Gasteiger partial charge in [-0.1, -0.05) is 11.6 Å². The molecule has 1 amide bonds. The Morgan fingerprint density at radius 3 is 2.59 bits per heavy atom. The Bertz CT molecular complexity index is 1080. The molecule has 2 aromatic rings. The van der Waals surface area contributed by atoms with Gasteiger partial charge in [0, 0.05) is 37.0 Å². The quantitative estimate of drug-likeness (QED) is 0.649. The maximum Gasteiger partial charge on any atom is 0.244 e. The third kappa shape index (κ3) is 4.12. The van der Waals surface area contributed by atoms with Crippen LogP contribution in [0.5, 0.6) is 0 Å². The topological polar surface area (TPSA) is 96.6 Å². The van der Waals surface area contributed by atoms with Crippen molar-refractivity contribution in [3.63, 3.8) is 0 Å². The van der Waals surface area contributed by atoms with Gasteiger partial charge in [-0.2, -0.15) is 9.29 Å². The Labute approximate surface area is 193 Å². The van der Waals surface area contributed by atoms with E-state index in [0.29, 0.717) is 45.2 Å². The average molecular weight is 479 g/mol. The highest BCUT2D eigenvalue weighted by Crippen LogP contribution is 2.38. The molecule has 10 heteroatoms. The van der Waals surface area contributed by atoms with Gasteiger partial charge in [-0.25, -0.2) is 8.42 Å². The summed E-state index contributed by atoms with van der Waals surface area (Å²) in [5.41, 5.74) is 0. The number of hydrogen-bond donors (Lipinski definition) is 0. The summed E-state index contributed by atoms with van der Waals surface area (Å²) < 4.78 is 33.9. The zero-order valence-electron chi connectivity index (χ0n) is 18.5. The summed E-state index contributed by atoms with van der Waals surface area (Å²) in [4.78, 5) is 21.1. The molecular weight excluding hydrogens is 448 g/mol. The molecule has 1 atom stereocenters. The van der Waals surface area contributed by atoms with E-state index in [1.807, 2.05) is 11.8 Å². The SMILES string of the molecule is Cc1sc(-c2noc(C3CCC3)n2)cc1S(=O)(=O)N1CCCC(C(=O)N2CCCCC2)C1. The van der Waals surface area contributed by atoms with Crippen molar-refractivity contribution in [1.82, 2.24) is 19.3 Å². The molecule has 1 aliphatic carbocycles. The van der Waals surface area contributed by atoms with Gasteiger partial charge in [0.2, 0.25) is 27.6 Å². The van der Waals surface area contributed by atoms with E-state index >= 15 is 0 Å². The summed E-state index contributed by atoms with van der Waals surface area (Å²) in [7, 11) is -3.69. The van der Waals surface area contributed by atoms with Crippen molar-refractivity contribution in [2.75, 3.05) is 26.2 Å². The molecule has 3 fully saturated rings. The molecule has 4 heterocycles. The van der Waals surface area contributed by atoms with Gasteiger partial charge in [0.1, 0.15) is 0 Å². The van der Waals surface area contributed by atoms with E-state index in [-0.39, 0.29) is 18.4 Å². The normalized spacial score (nSPS) is 23.3. The Balaban J connectivity index is 1.33. The molecule has 174 valence electrons. The number of thiophene rings is 1. The minimum atomic E-state index is -3.69. The number of sulfonamides is 1. The number of carbonyl (C=O) groups excluding carboxylic acids is 1. The molecule has 0 radical (unpaired) electrons. The van der Waals surface area contributed by atoms with Crippen LogP contribution in [0.1, 0.15) is 68.1 Å². The van der Waals surface area contributed by atoms with Crippen molar-refractivity contribution in [2.45, 2.75) is 69.1 Å². The summed E-state index contributed by atoms with van der Waals surface area (Å²) in [6, 6.07) is 1.67. The van der Waals surface area contributed by atoms with Crippen molar-refractivity contribution in [3.8, 4) is 10.7 Å². The second-order valence-corrected chi connectivity index (χ2v) is 12.4. The summed E-state index contributed by atoms with van der Waals surface area (Å²) >= 11 is 1.37. The first-order chi connectivity index (χ1) is 15.4. The molecule has 32 heavy (non-hydrogen) atoms. The summed E-state index contributed by atoms with van der Waals surface area (Å²) in [5, 5.41) is 4.09. The third-order valence-corrected chi connectivity index (χ3v) is 10.2. The number of nitrogens with zero attached hydrogens (tertiary/aromatic N) is 4. The standard InChI is InChI=1S/C22H30N4O4S2/c1-15-19(13-18(31-15)20-23-21(30-24-20)16-7-5-8-16)32(28,29)26-12-6-9-17(14-26)22(27)25-10-3-2-4-11-25/h13,16-17H,2-12,14H2,1H3. The molecular formula is C22H30N4O4S2. The van der Waals surface area contributed by atoms with Gasteiger partial charge < -0.3 is 9.42 Å². The first-order valence-electron chi connectivity index (χ1n) is 11.7. The van der Waals surface area contributed by atoms with Gasteiger partial charge in [-0.15, -0.1) is 11.3 Å². The minimum Gasteiger partial charge on any atom is -0.342 e. The van der Waals surface area contributed by atoms with Crippen LogP contribution in [0.3, 0.4) is 0 Å². The lowest BCUT2D eigenvalue weighted by atomic mass is 9.85. The number of amides is 1. The fourth-order valence-corrected chi connectivity index (χ4v) is 7.87. The van der Waals surface area contributed by atoms with Crippen LogP contribution in [-0.2, 0) is 14.8 Å². The zero-order chi connectivity index (χ0) is 22.3. The van der Waals surface area contributed by atoms with Crippen molar-refractivity contribution in [3.05, 3.63) is 16.8 Å². The first kappa shape index (κ1) is 22.0. The molecule has 1 saturated carbocycles. The zero-order valence-corrected chi connectivity index (χ0v) is 20.1. The van der Waals surface area contributed by atoms with Crippen molar-refractivity contribution in [1.29, 1.82) is 0 Å². The maximum atomic E-state index is 13.5. The number of aryl methyl sites for hydroxylation is 1. The Hall–Kier alpha value is -1.78. The van der Waals surface area contributed by atoms with Gasteiger partial charge >= 0.3 is 0 Å². The molecule has 0 bridgehead atoms. The van der Waals surface area contributed by atoms with Gasteiger partial charge in [-0.05, 0) is 57.9 Å². The van der Waals surface area contributed by atoms with Crippen LogP contribution in [0.4, 0.5) is 0 Å². The molecule has 8 nitrogen and oxygen atoms in total. The highest BCUT2D eigenvalue weighted by molar-refractivity contribution is 7.89. The molecule has 0 N–H and O–H groups in total. The van der Waals surface area contributed by atoms with Gasteiger partial charge in [0.25, 0.3) is 0 Å². The van der Waals surface area contributed by atoms with Gasteiger partial charge in [-0.3, -0.25) is 4.79 Å². The van der Waals surface area contributed by atoms with Crippen LogP contribution in [0.15, 0.2) is 15.5 Å². The van der Waals surface area contributed by atoms with E-state index in [1.54, 1.807) is 6.07 Å². The lowest BCUT2D eigenvalue weighted by Crippen LogP contribution is -2.47. The van der Waals surface area contributed by atoms with Crippen LogP contribution >= 0.6 is 11.3 Å². The number of aromatic nitrogens is 2. The summed E-state index contributed by atoms with van der Waals surface area (Å²) in [6.07, 6.45) is 8.01. The lowest BCUT2D eigenvalue weighted by Gasteiger charge is -2.35. The van der Waals surface area contributed by atoms with E-state index in [4.69, 9.17) is 4.52 Å². The summed E-state index contributed by atoms with van der Waals surface area (Å²) in [6.45, 7) is 4.11. The number of carbonyl (C=O) groups is 1. The molecule has 0 aromatic carbocycles. The predicted molar refractivity (Wildman–Crippen MR) is 121 cm³/mol. The van der Waals surface area contributed by atoms with Gasteiger partial charge in [0.15, 0.2) is 0 Å². The van der Waals surface area contributed by atoms with Gasteiger partial charge in [0.05, 0.1) is 15.7 Å². The molecule has 5 rings (SSSR count). The van der Waals surface area contributed by atoms with E-state index in [1.165, 1.54) is 22.1 Å². The lowest BCUT2D eigenvalue weighted by molar-refractivity contribution is -0.137. The molecule has 3 aliphatic rings. The minimum absolute atomic E-state index is 0.114. The monoisotopic (exact) mass is 478 g/mol. The Morgan fingerprint density at radius 2 is 1.88 bits per heavy atom. The highest BCUT2D eigenvalue weighted by atomic mass is 32.2. The number of likely N-dealkylation sites (tertiary alicyclic amines) is 1. The smallest absolute Gasteiger partial charge is 0.244 e. The molecule has 1 unspecified atom stereocenters. The number of piperidine rings is 2. The van der Waals surface area contributed by atoms with E-state index in [2.05, 4.69) is 10.1 Å². The fraction of sp³-hybridized carbons (Fsp3) is 0.682. The second-order valence-electron chi connectivity index (χ2n) is 9.20. The van der Waals surface area contributed by atoms with Crippen LogP contribution < -0.4 is 0 Å². The second kappa shape index (κ2) is 8.87. The highest BCUT2D eigenvalue weighted by Gasteiger charge is 2.37.